The normalized spacial score (nSPS) is 30.4. The van der Waals surface area contributed by atoms with Gasteiger partial charge in [0, 0.05) is 11.3 Å². The second kappa shape index (κ2) is 5.86. The fourth-order valence-electron chi connectivity index (χ4n) is 3.77. The van der Waals surface area contributed by atoms with Gasteiger partial charge in [-0.05, 0) is 6.42 Å². The number of imidazole rings is 1. The maximum Gasteiger partial charge on any atom is 0.280 e. The molecule has 4 atom stereocenters. The highest BCUT2D eigenvalue weighted by Gasteiger charge is 2.59. The van der Waals surface area contributed by atoms with Crippen LogP contribution in [0, 0.1) is 11.3 Å². The number of carbonyl (C=O) groups is 1. The first-order chi connectivity index (χ1) is 12.4. The summed E-state index contributed by atoms with van der Waals surface area (Å²) in [6.07, 6.45) is 0.669. The number of hydrogen-bond donors (Lipinski definition) is 4. The molecule has 1 saturated heterocycles. The molecule has 4 rings (SSSR count). The molecule has 2 aromatic rings. The lowest BCUT2D eigenvalue weighted by molar-refractivity contribution is -0.118. The van der Waals surface area contributed by atoms with Crippen LogP contribution in [-0.2, 0) is 9.53 Å². The predicted octanol–water partition coefficient (Wildman–Crippen LogP) is -0.603. The van der Waals surface area contributed by atoms with Gasteiger partial charge in [0.2, 0.25) is 11.9 Å². The van der Waals surface area contributed by atoms with Crippen molar-refractivity contribution in [3.63, 3.8) is 0 Å². The standard InChI is InChI=1S/C16H21N5O5/c1-7(2)13(24)19-15-18-12-9(14(25)20-15)17-6-21(12)8-3-16(4-22)5-26-10(8)11(16)23/h6-8,10-11,22-23H,3-5H2,1-2H3,(H2,18,19,20,24,25)/t8-,10-,11?,16-/m1/s1. The molecule has 10 heteroatoms. The lowest BCUT2D eigenvalue weighted by atomic mass is 9.87. The molecule has 0 spiro atoms. The number of rotatable bonds is 4. The minimum absolute atomic E-state index is 0.0458. The SMILES string of the molecule is CC(C)C(=O)Nc1nc2c(ncn2[C@@H]2C[C@@]3(CO)CO[C@H]2C3O)c(=O)[nH]1. The van der Waals surface area contributed by atoms with Gasteiger partial charge in [0.1, 0.15) is 6.10 Å². The third-order valence-corrected chi connectivity index (χ3v) is 5.37. The van der Waals surface area contributed by atoms with Crippen LogP contribution in [0.3, 0.4) is 0 Å². The largest absolute Gasteiger partial charge is 0.396 e. The Morgan fingerprint density at radius 3 is 3.00 bits per heavy atom. The summed E-state index contributed by atoms with van der Waals surface area (Å²) < 4.78 is 7.34. The van der Waals surface area contributed by atoms with Crippen molar-refractivity contribution < 1.29 is 19.7 Å². The Bertz CT molecular complexity index is 921. The monoisotopic (exact) mass is 363 g/mol. The summed E-state index contributed by atoms with van der Waals surface area (Å²) in [7, 11) is 0. The molecule has 2 aliphatic rings. The van der Waals surface area contributed by atoms with Crippen molar-refractivity contribution in [3.8, 4) is 0 Å². The molecule has 1 saturated carbocycles. The van der Waals surface area contributed by atoms with Crippen molar-refractivity contribution in [3.05, 3.63) is 16.7 Å². The van der Waals surface area contributed by atoms with Gasteiger partial charge in [-0.2, -0.15) is 4.98 Å². The quantitative estimate of drug-likeness (QED) is 0.568. The number of hydrogen-bond acceptors (Lipinski definition) is 7. The number of nitrogens with one attached hydrogen (secondary N) is 2. The van der Waals surface area contributed by atoms with Crippen LogP contribution in [0.25, 0.3) is 11.2 Å². The Hall–Kier alpha value is -2.30. The van der Waals surface area contributed by atoms with Gasteiger partial charge in [0.25, 0.3) is 5.56 Å². The number of anilines is 1. The van der Waals surface area contributed by atoms with Gasteiger partial charge in [-0.15, -0.1) is 0 Å². The van der Waals surface area contributed by atoms with Crippen molar-refractivity contribution in [2.75, 3.05) is 18.5 Å². The number of nitrogens with zero attached hydrogens (tertiary/aromatic N) is 3. The van der Waals surface area contributed by atoms with Gasteiger partial charge >= 0.3 is 0 Å². The minimum Gasteiger partial charge on any atom is -0.396 e. The van der Waals surface area contributed by atoms with E-state index in [-0.39, 0.29) is 35.9 Å². The summed E-state index contributed by atoms with van der Waals surface area (Å²) in [6, 6.07) is -0.307. The molecule has 2 aromatic heterocycles. The maximum absolute atomic E-state index is 12.3. The summed E-state index contributed by atoms with van der Waals surface area (Å²) in [5, 5.41) is 22.7. The molecular weight excluding hydrogens is 342 g/mol. The zero-order chi connectivity index (χ0) is 18.6. The molecule has 2 fully saturated rings. The maximum atomic E-state index is 12.3. The Labute approximate surface area is 148 Å². The Balaban J connectivity index is 1.74. The van der Waals surface area contributed by atoms with Crippen molar-refractivity contribution in [1.82, 2.24) is 19.5 Å². The van der Waals surface area contributed by atoms with Crippen molar-refractivity contribution in [2.45, 2.75) is 38.5 Å². The van der Waals surface area contributed by atoms with E-state index in [4.69, 9.17) is 4.74 Å². The number of aliphatic hydroxyl groups is 2. The van der Waals surface area contributed by atoms with Crippen LogP contribution in [0.5, 0.6) is 0 Å². The Morgan fingerprint density at radius 2 is 2.35 bits per heavy atom. The first-order valence-corrected chi connectivity index (χ1v) is 8.54. The summed E-state index contributed by atoms with van der Waals surface area (Å²) in [6.45, 7) is 3.58. The Kier molecular flexibility index (Phi) is 3.86. The van der Waals surface area contributed by atoms with E-state index in [0.717, 1.165) is 0 Å². The number of carbonyl (C=O) groups excluding carboxylic acids is 1. The molecule has 3 heterocycles. The highest BCUT2D eigenvalue weighted by Crippen LogP contribution is 2.51. The summed E-state index contributed by atoms with van der Waals surface area (Å²) in [5.41, 5.74) is -0.728. The van der Waals surface area contributed by atoms with Crippen LogP contribution < -0.4 is 10.9 Å². The van der Waals surface area contributed by atoms with E-state index in [0.29, 0.717) is 18.7 Å². The first-order valence-electron chi connectivity index (χ1n) is 8.54. The highest BCUT2D eigenvalue weighted by molar-refractivity contribution is 5.91. The third-order valence-electron chi connectivity index (χ3n) is 5.37. The van der Waals surface area contributed by atoms with Crippen LogP contribution >= 0.6 is 0 Å². The van der Waals surface area contributed by atoms with Gasteiger partial charge in [0.15, 0.2) is 11.2 Å². The zero-order valence-electron chi connectivity index (χ0n) is 14.5. The van der Waals surface area contributed by atoms with Crippen LogP contribution in [0.15, 0.2) is 11.1 Å². The lowest BCUT2D eigenvalue weighted by Gasteiger charge is -2.28. The van der Waals surface area contributed by atoms with Crippen molar-refractivity contribution in [2.24, 2.45) is 11.3 Å². The molecule has 140 valence electrons. The molecular formula is C16H21N5O5. The van der Waals surface area contributed by atoms with Crippen LogP contribution in [-0.4, -0.2) is 61.1 Å². The molecule has 0 aromatic carbocycles. The number of ether oxygens (including phenoxy) is 1. The second-order valence-electron chi connectivity index (χ2n) is 7.39. The van der Waals surface area contributed by atoms with E-state index in [1.165, 1.54) is 6.33 Å². The number of aromatic amines is 1. The summed E-state index contributed by atoms with van der Waals surface area (Å²) >= 11 is 0. The number of amides is 1. The summed E-state index contributed by atoms with van der Waals surface area (Å²) in [5.74, 6) is -0.486. The fourth-order valence-corrected chi connectivity index (χ4v) is 3.77. The number of aromatic nitrogens is 4. The van der Waals surface area contributed by atoms with Crippen LogP contribution in [0.2, 0.25) is 0 Å². The van der Waals surface area contributed by atoms with E-state index in [1.54, 1.807) is 18.4 Å². The molecule has 1 aliphatic heterocycles. The van der Waals surface area contributed by atoms with Gasteiger partial charge < -0.3 is 19.5 Å². The van der Waals surface area contributed by atoms with E-state index in [9.17, 15) is 19.8 Å². The van der Waals surface area contributed by atoms with Crippen LogP contribution in [0.1, 0.15) is 26.3 Å². The molecule has 2 bridgehead atoms. The third kappa shape index (κ3) is 2.37. The van der Waals surface area contributed by atoms with Gasteiger partial charge in [-0.25, -0.2) is 4.98 Å². The van der Waals surface area contributed by atoms with E-state index < -0.39 is 23.2 Å². The topological polar surface area (TPSA) is 142 Å². The molecule has 0 radical (unpaired) electrons. The minimum atomic E-state index is -0.794. The van der Waals surface area contributed by atoms with E-state index in [2.05, 4.69) is 20.3 Å². The smallest absolute Gasteiger partial charge is 0.280 e. The number of aliphatic hydroxyl groups excluding tert-OH is 2. The van der Waals surface area contributed by atoms with E-state index in [1.807, 2.05) is 0 Å². The van der Waals surface area contributed by atoms with Crippen molar-refractivity contribution in [1.29, 1.82) is 0 Å². The Morgan fingerprint density at radius 1 is 1.58 bits per heavy atom. The summed E-state index contributed by atoms with van der Waals surface area (Å²) in [4.78, 5) is 35.1. The molecule has 10 nitrogen and oxygen atoms in total. The molecule has 26 heavy (non-hydrogen) atoms. The fraction of sp³-hybridized carbons (Fsp3) is 0.625. The number of H-pyrrole nitrogens is 1. The van der Waals surface area contributed by atoms with Gasteiger partial charge in [0.05, 0.1) is 31.7 Å². The van der Waals surface area contributed by atoms with Gasteiger partial charge in [-0.3, -0.25) is 19.9 Å². The van der Waals surface area contributed by atoms with E-state index >= 15 is 0 Å². The molecule has 4 N–H and O–H groups in total. The molecule has 1 aliphatic carbocycles. The first kappa shape index (κ1) is 17.1. The van der Waals surface area contributed by atoms with Crippen molar-refractivity contribution >= 4 is 23.0 Å². The average molecular weight is 363 g/mol. The number of fused-ring (bicyclic) bond motifs is 3. The molecule has 1 amide bonds. The second-order valence-corrected chi connectivity index (χ2v) is 7.39. The highest BCUT2D eigenvalue weighted by atomic mass is 16.5. The average Bonchev–Trinajstić information content (AvgIpc) is 3.25. The predicted molar refractivity (Wildman–Crippen MR) is 90.5 cm³/mol. The van der Waals surface area contributed by atoms with Gasteiger partial charge in [-0.1, -0.05) is 13.8 Å². The zero-order valence-corrected chi connectivity index (χ0v) is 14.5. The molecule has 1 unspecified atom stereocenters. The lowest BCUT2D eigenvalue weighted by Crippen LogP contribution is -2.34. The van der Waals surface area contributed by atoms with Crippen LogP contribution in [0.4, 0.5) is 5.95 Å².